The van der Waals surface area contributed by atoms with Crippen LogP contribution in [0.3, 0.4) is 0 Å². The van der Waals surface area contributed by atoms with E-state index in [4.69, 9.17) is 5.11 Å². The normalized spacial score (nSPS) is 15.2. The zero-order valence-corrected chi connectivity index (χ0v) is 12.9. The Hall–Kier alpha value is -2.01. The Bertz CT molecular complexity index is 698. The molecule has 0 unspecified atom stereocenters. The predicted molar refractivity (Wildman–Crippen MR) is 81.7 cm³/mol. The van der Waals surface area contributed by atoms with Gasteiger partial charge in [-0.2, -0.15) is 0 Å². The number of hydrogen-bond donors (Lipinski definition) is 1. The number of aliphatic carboxylic acids is 1. The van der Waals surface area contributed by atoms with Crippen LogP contribution >= 0.6 is 15.9 Å². The zero-order chi connectivity index (χ0) is 15.6. The van der Waals surface area contributed by atoms with Gasteiger partial charge < -0.3 is 5.11 Å². The van der Waals surface area contributed by atoms with Crippen LogP contribution in [0.2, 0.25) is 0 Å². The summed E-state index contributed by atoms with van der Waals surface area (Å²) >= 11 is 3.13. The number of fused-ring (bicyclic) bond motifs is 1. The number of rotatable bonds is 4. The first-order valence-corrected chi connectivity index (χ1v) is 7.28. The maximum Gasteiger partial charge on any atom is 0.331 e. The molecular formula is C16H13BrO4. The second-order valence-electron chi connectivity index (χ2n) is 4.66. The van der Waals surface area contributed by atoms with E-state index in [1.54, 1.807) is 24.3 Å². The molecule has 5 heteroatoms. The molecular weight excluding hydrogens is 336 g/mol. The number of ketones is 2. The van der Waals surface area contributed by atoms with Crippen LogP contribution in [0.4, 0.5) is 0 Å². The van der Waals surface area contributed by atoms with E-state index in [-0.39, 0.29) is 27.2 Å². The number of Topliss-reactive ketones (excluding diaryl/α,β-unsaturated/α-hetero) is 2. The first-order valence-electron chi connectivity index (χ1n) is 6.49. The molecule has 21 heavy (non-hydrogen) atoms. The third-order valence-electron chi connectivity index (χ3n) is 3.21. The molecule has 0 fully saturated rings. The molecule has 108 valence electrons. The van der Waals surface area contributed by atoms with Crippen LogP contribution in [-0.2, 0) is 4.79 Å². The predicted octanol–water partition coefficient (Wildman–Crippen LogP) is 3.53. The molecule has 4 nitrogen and oxygen atoms in total. The lowest BCUT2D eigenvalue weighted by Crippen LogP contribution is -2.19. The second kappa shape index (κ2) is 6.18. The maximum absolute atomic E-state index is 12.5. The van der Waals surface area contributed by atoms with Gasteiger partial charge in [0.2, 0.25) is 5.78 Å². The van der Waals surface area contributed by atoms with Gasteiger partial charge in [0.05, 0.1) is 4.48 Å². The first-order chi connectivity index (χ1) is 9.97. The lowest BCUT2D eigenvalue weighted by molar-refractivity contribution is -0.132. The summed E-state index contributed by atoms with van der Waals surface area (Å²) in [4.78, 5) is 35.9. The molecule has 1 aliphatic rings. The van der Waals surface area contributed by atoms with Gasteiger partial charge in [0.25, 0.3) is 0 Å². The van der Waals surface area contributed by atoms with Crippen molar-refractivity contribution < 1.29 is 19.5 Å². The summed E-state index contributed by atoms with van der Waals surface area (Å²) in [5.74, 6) is -1.73. The lowest BCUT2D eigenvalue weighted by atomic mass is 9.88. The second-order valence-corrected chi connectivity index (χ2v) is 5.45. The highest BCUT2D eigenvalue weighted by Gasteiger charge is 2.30. The maximum atomic E-state index is 12.5. The van der Waals surface area contributed by atoms with Gasteiger partial charge in [0.1, 0.15) is 0 Å². The minimum Gasteiger partial charge on any atom is -0.478 e. The van der Waals surface area contributed by atoms with Gasteiger partial charge in [-0.3, -0.25) is 9.59 Å². The van der Waals surface area contributed by atoms with Crippen molar-refractivity contribution in [3.05, 3.63) is 57.1 Å². The van der Waals surface area contributed by atoms with Crippen LogP contribution in [0.1, 0.15) is 40.5 Å². The molecule has 0 atom stereocenters. The summed E-state index contributed by atoms with van der Waals surface area (Å²) in [6.45, 7) is 1.85. The quantitative estimate of drug-likeness (QED) is 0.845. The van der Waals surface area contributed by atoms with Gasteiger partial charge in [-0.15, -0.1) is 0 Å². The van der Waals surface area contributed by atoms with Gasteiger partial charge in [0.15, 0.2) is 5.78 Å². The van der Waals surface area contributed by atoms with E-state index in [0.717, 1.165) is 0 Å². The lowest BCUT2D eigenvalue weighted by Gasteiger charge is -2.16. The van der Waals surface area contributed by atoms with E-state index in [1.807, 2.05) is 6.92 Å². The molecule has 1 aromatic rings. The van der Waals surface area contributed by atoms with Crippen molar-refractivity contribution in [3.63, 3.8) is 0 Å². The monoisotopic (exact) mass is 348 g/mol. The van der Waals surface area contributed by atoms with Crippen molar-refractivity contribution in [1.82, 2.24) is 0 Å². The number of benzene rings is 1. The van der Waals surface area contributed by atoms with Crippen molar-refractivity contribution in [2.75, 3.05) is 0 Å². The molecule has 0 saturated carbocycles. The van der Waals surface area contributed by atoms with Crippen LogP contribution in [-0.4, -0.2) is 22.6 Å². The van der Waals surface area contributed by atoms with Crippen molar-refractivity contribution in [2.24, 2.45) is 0 Å². The third kappa shape index (κ3) is 2.88. The van der Waals surface area contributed by atoms with Crippen LogP contribution in [0.5, 0.6) is 0 Å². The number of allylic oxidation sites excluding steroid dienone is 3. The SMILES string of the molecule is CCCC(=CC1=C(Br)C(=O)c2ccccc2C1=O)C(=O)O. The molecule has 0 aliphatic heterocycles. The van der Waals surface area contributed by atoms with E-state index < -0.39 is 5.97 Å². The van der Waals surface area contributed by atoms with E-state index in [0.29, 0.717) is 24.0 Å². The van der Waals surface area contributed by atoms with Gasteiger partial charge in [-0.05, 0) is 28.4 Å². The van der Waals surface area contributed by atoms with Crippen LogP contribution in [0.25, 0.3) is 0 Å². The fourth-order valence-electron chi connectivity index (χ4n) is 2.18. The summed E-state index contributed by atoms with van der Waals surface area (Å²) in [6, 6.07) is 6.52. The van der Waals surface area contributed by atoms with Crippen molar-refractivity contribution in [2.45, 2.75) is 19.8 Å². The number of hydrogen-bond acceptors (Lipinski definition) is 3. The molecule has 0 saturated heterocycles. The highest BCUT2D eigenvalue weighted by Crippen LogP contribution is 2.31. The standard InChI is InChI=1S/C16H13BrO4/c1-2-5-9(16(20)21)8-12-13(17)15(19)11-7-4-3-6-10(11)14(12)18/h3-4,6-8H,2,5H2,1H3,(H,20,21). The van der Waals surface area contributed by atoms with E-state index in [2.05, 4.69) is 15.9 Å². The fourth-order valence-corrected chi connectivity index (χ4v) is 2.69. The summed E-state index contributed by atoms with van der Waals surface area (Å²) in [6.07, 6.45) is 2.27. The Labute approximate surface area is 130 Å². The first kappa shape index (κ1) is 15.4. The summed E-state index contributed by atoms with van der Waals surface area (Å²) in [7, 11) is 0. The molecule has 0 aromatic heterocycles. The molecule has 1 aromatic carbocycles. The average molecular weight is 349 g/mol. The molecule has 2 rings (SSSR count). The van der Waals surface area contributed by atoms with Crippen LogP contribution in [0, 0.1) is 0 Å². The van der Waals surface area contributed by atoms with Gasteiger partial charge in [-0.1, -0.05) is 37.6 Å². The summed E-state index contributed by atoms with van der Waals surface area (Å²) in [5.41, 5.74) is 0.853. The van der Waals surface area contributed by atoms with Crippen LogP contribution < -0.4 is 0 Å². The topological polar surface area (TPSA) is 71.4 Å². The number of halogens is 1. The largest absolute Gasteiger partial charge is 0.478 e. The average Bonchev–Trinajstić information content (AvgIpc) is 2.48. The number of carboxylic acid groups (broad SMARTS) is 1. The minimum absolute atomic E-state index is 0.101. The van der Waals surface area contributed by atoms with E-state index >= 15 is 0 Å². The van der Waals surface area contributed by atoms with Gasteiger partial charge in [0, 0.05) is 22.3 Å². The fraction of sp³-hybridized carbons (Fsp3) is 0.188. The molecule has 0 radical (unpaired) electrons. The zero-order valence-electron chi connectivity index (χ0n) is 11.4. The molecule has 0 heterocycles. The highest BCUT2D eigenvalue weighted by molar-refractivity contribution is 9.12. The Morgan fingerprint density at radius 1 is 1.19 bits per heavy atom. The van der Waals surface area contributed by atoms with Gasteiger partial charge in [-0.25, -0.2) is 4.79 Å². The summed E-state index contributed by atoms with van der Waals surface area (Å²) in [5, 5.41) is 9.17. The van der Waals surface area contributed by atoms with E-state index in [1.165, 1.54) is 6.08 Å². The Kier molecular flexibility index (Phi) is 4.53. The van der Waals surface area contributed by atoms with Crippen molar-refractivity contribution in [3.8, 4) is 0 Å². The molecule has 0 spiro atoms. The summed E-state index contributed by atoms with van der Waals surface area (Å²) < 4.78 is 0.112. The molecule has 0 bridgehead atoms. The Balaban J connectivity index is 2.57. The highest BCUT2D eigenvalue weighted by atomic mass is 79.9. The smallest absolute Gasteiger partial charge is 0.331 e. The number of carboxylic acids is 1. The van der Waals surface area contributed by atoms with Crippen LogP contribution in [0.15, 0.2) is 46.0 Å². The third-order valence-corrected chi connectivity index (χ3v) is 4.00. The number of carbonyl (C=O) groups excluding carboxylic acids is 2. The van der Waals surface area contributed by atoms with E-state index in [9.17, 15) is 14.4 Å². The van der Waals surface area contributed by atoms with Crippen molar-refractivity contribution in [1.29, 1.82) is 0 Å². The Morgan fingerprint density at radius 3 is 2.29 bits per heavy atom. The molecule has 1 aliphatic carbocycles. The Morgan fingerprint density at radius 2 is 1.76 bits per heavy atom. The minimum atomic E-state index is -1.08. The number of carbonyl (C=O) groups is 3. The molecule has 1 N–H and O–H groups in total. The van der Waals surface area contributed by atoms with Gasteiger partial charge >= 0.3 is 5.97 Å². The molecule has 0 amide bonds. The van der Waals surface area contributed by atoms with Crippen molar-refractivity contribution >= 4 is 33.5 Å².